The summed E-state index contributed by atoms with van der Waals surface area (Å²) in [7, 11) is 0. The number of benzene rings is 8. The lowest BCUT2D eigenvalue weighted by molar-refractivity contribution is 0.668. The van der Waals surface area contributed by atoms with Crippen molar-refractivity contribution in [2.24, 2.45) is 0 Å². The second-order valence-corrected chi connectivity index (χ2v) is 13.1. The van der Waals surface area contributed by atoms with Crippen LogP contribution in [0.1, 0.15) is 0 Å². The zero-order valence-electron chi connectivity index (χ0n) is 27.7. The van der Waals surface area contributed by atoms with Crippen molar-refractivity contribution < 1.29 is 8.83 Å². The van der Waals surface area contributed by atoms with Crippen LogP contribution in [0.25, 0.3) is 111 Å². The average Bonchev–Trinajstić information content (AvgIpc) is 3.79. The third-order valence-corrected chi connectivity index (χ3v) is 10.1. The highest BCUT2D eigenvalue weighted by atomic mass is 16.3. The molecule has 0 saturated heterocycles. The second kappa shape index (κ2) is 11.2. The van der Waals surface area contributed by atoms with Gasteiger partial charge in [0.1, 0.15) is 22.3 Å². The molecule has 0 spiro atoms. The highest BCUT2D eigenvalue weighted by molar-refractivity contribution is 6.16. The third kappa shape index (κ3) is 4.39. The molecule has 0 unspecified atom stereocenters. The van der Waals surface area contributed by atoms with Crippen LogP contribution in [0.4, 0.5) is 0 Å². The highest BCUT2D eigenvalue weighted by Crippen LogP contribution is 2.41. The van der Waals surface area contributed by atoms with Gasteiger partial charge in [-0.2, -0.15) is 0 Å². The van der Waals surface area contributed by atoms with Crippen molar-refractivity contribution in [3.05, 3.63) is 164 Å². The molecule has 242 valence electrons. The quantitative estimate of drug-likeness (QED) is 0.175. The number of nitrogens with zero attached hydrogens (tertiary/aromatic N) is 3. The molecule has 0 N–H and O–H groups in total. The maximum Gasteiger partial charge on any atom is 0.167 e. The van der Waals surface area contributed by atoms with Crippen LogP contribution in [0, 0.1) is 0 Å². The van der Waals surface area contributed by atoms with Crippen molar-refractivity contribution in [2.45, 2.75) is 0 Å². The zero-order valence-corrected chi connectivity index (χ0v) is 27.7. The van der Waals surface area contributed by atoms with Crippen LogP contribution in [-0.4, -0.2) is 15.0 Å². The van der Waals surface area contributed by atoms with Gasteiger partial charge in [-0.3, -0.25) is 0 Å². The minimum atomic E-state index is 0.545. The first kappa shape index (κ1) is 28.7. The summed E-state index contributed by atoms with van der Waals surface area (Å²) in [5.74, 6) is 1.70. The first-order valence-electron chi connectivity index (χ1n) is 17.4. The summed E-state index contributed by atoms with van der Waals surface area (Å²) in [6.45, 7) is 0. The molecule has 0 aliphatic carbocycles. The molecule has 0 fully saturated rings. The Morgan fingerprint density at radius 3 is 1.87 bits per heavy atom. The van der Waals surface area contributed by atoms with Gasteiger partial charge in [-0.1, -0.05) is 127 Å². The summed E-state index contributed by atoms with van der Waals surface area (Å²) in [6, 6.07) is 56.3. The number of rotatable bonds is 4. The number of fused-ring (bicyclic) bond motifs is 9. The van der Waals surface area contributed by atoms with Crippen molar-refractivity contribution in [2.75, 3.05) is 0 Å². The van der Waals surface area contributed by atoms with Crippen molar-refractivity contribution in [1.82, 2.24) is 15.0 Å². The minimum absolute atomic E-state index is 0.545. The molecule has 3 aromatic heterocycles. The Balaban J connectivity index is 1.12. The van der Waals surface area contributed by atoms with Crippen LogP contribution in [0.2, 0.25) is 0 Å². The van der Waals surface area contributed by atoms with Crippen molar-refractivity contribution in [3.8, 4) is 45.3 Å². The Labute approximate surface area is 297 Å². The van der Waals surface area contributed by atoms with E-state index in [1.165, 1.54) is 27.1 Å². The van der Waals surface area contributed by atoms with Crippen LogP contribution in [-0.2, 0) is 0 Å². The number of para-hydroxylation sites is 2. The van der Waals surface area contributed by atoms with Crippen LogP contribution in [0.3, 0.4) is 0 Å². The maximum atomic E-state index is 6.61. The van der Waals surface area contributed by atoms with Gasteiger partial charge in [0.25, 0.3) is 0 Å². The molecule has 11 aromatic rings. The molecule has 0 radical (unpaired) electrons. The van der Waals surface area contributed by atoms with Crippen LogP contribution in [0.5, 0.6) is 0 Å². The lowest BCUT2D eigenvalue weighted by atomic mass is 9.93. The Hall–Kier alpha value is -7.11. The smallest absolute Gasteiger partial charge is 0.167 e. The van der Waals surface area contributed by atoms with Gasteiger partial charge in [0.05, 0.1) is 5.56 Å². The summed E-state index contributed by atoms with van der Waals surface area (Å²) >= 11 is 0. The minimum Gasteiger partial charge on any atom is -0.456 e. The van der Waals surface area contributed by atoms with E-state index in [9.17, 15) is 0 Å². The van der Waals surface area contributed by atoms with E-state index in [4.69, 9.17) is 23.8 Å². The van der Waals surface area contributed by atoms with E-state index in [1.54, 1.807) is 0 Å². The van der Waals surface area contributed by atoms with Gasteiger partial charge in [0.15, 0.2) is 17.5 Å². The van der Waals surface area contributed by atoms with Crippen molar-refractivity contribution in [1.29, 1.82) is 0 Å². The van der Waals surface area contributed by atoms with E-state index in [1.807, 2.05) is 72.8 Å². The van der Waals surface area contributed by atoms with Gasteiger partial charge in [0.2, 0.25) is 0 Å². The van der Waals surface area contributed by atoms with Gasteiger partial charge in [-0.15, -0.1) is 0 Å². The Bertz CT molecular complexity index is 3190. The molecule has 0 aliphatic rings. The highest BCUT2D eigenvalue weighted by Gasteiger charge is 2.21. The fourth-order valence-corrected chi connectivity index (χ4v) is 7.73. The Kier molecular flexibility index (Phi) is 6.18. The van der Waals surface area contributed by atoms with E-state index in [-0.39, 0.29) is 0 Å². The predicted octanol–water partition coefficient (Wildman–Crippen LogP) is 12.6. The average molecular weight is 666 g/mol. The molecule has 11 rings (SSSR count). The molecule has 5 nitrogen and oxygen atoms in total. The second-order valence-electron chi connectivity index (χ2n) is 13.1. The molecule has 0 saturated carbocycles. The molecule has 8 aromatic carbocycles. The number of hydrogen-bond acceptors (Lipinski definition) is 5. The van der Waals surface area contributed by atoms with Gasteiger partial charge >= 0.3 is 0 Å². The number of aromatic nitrogens is 3. The standard InChI is InChI=1S/C47H27N3O2/c1-2-12-28(13-3-1)45-48-46(50-47(49-45)38-21-10-19-35-34-18-8-9-22-40(34)52-44(35)38)37-20-11-23-41-43(37)36-25-24-30(27-42(36)51-41)39-26-29-14-4-5-15-31(29)32-16-6-7-17-33(32)39/h1-27H. The molecule has 0 amide bonds. The maximum absolute atomic E-state index is 6.61. The van der Waals surface area contributed by atoms with E-state index in [2.05, 4.69) is 91.0 Å². The van der Waals surface area contributed by atoms with Gasteiger partial charge in [0, 0.05) is 32.7 Å². The fourth-order valence-electron chi connectivity index (χ4n) is 7.73. The molecular weight excluding hydrogens is 639 g/mol. The SMILES string of the molecule is c1ccc(-c2nc(-c3cccc4c3oc3ccccc34)nc(-c3cccc4oc5cc(-c6cc7ccccc7c7ccccc67)ccc5c34)n2)cc1. The van der Waals surface area contributed by atoms with Crippen LogP contribution < -0.4 is 0 Å². The van der Waals surface area contributed by atoms with Gasteiger partial charge < -0.3 is 8.83 Å². The summed E-state index contributed by atoms with van der Waals surface area (Å²) in [5.41, 5.74) is 8.02. The van der Waals surface area contributed by atoms with E-state index in [0.717, 1.165) is 66.1 Å². The van der Waals surface area contributed by atoms with Gasteiger partial charge in [-0.25, -0.2) is 15.0 Å². The molecule has 0 atom stereocenters. The lowest BCUT2D eigenvalue weighted by Gasteiger charge is -2.11. The van der Waals surface area contributed by atoms with Crippen LogP contribution >= 0.6 is 0 Å². The largest absolute Gasteiger partial charge is 0.456 e. The summed E-state index contributed by atoms with van der Waals surface area (Å²) in [4.78, 5) is 15.3. The first-order valence-corrected chi connectivity index (χ1v) is 17.4. The number of furan rings is 2. The monoisotopic (exact) mass is 665 g/mol. The van der Waals surface area contributed by atoms with Crippen LogP contribution in [0.15, 0.2) is 173 Å². The first-order chi connectivity index (χ1) is 25.8. The summed E-state index contributed by atoms with van der Waals surface area (Å²) < 4.78 is 13.0. The number of hydrogen-bond donors (Lipinski definition) is 0. The predicted molar refractivity (Wildman–Crippen MR) is 211 cm³/mol. The topological polar surface area (TPSA) is 65.0 Å². The Morgan fingerprint density at radius 2 is 0.981 bits per heavy atom. The summed E-state index contributed by atoms with van der Waals surface area (Å²) in [6.07, 6.45) is 0. The molecule has 0 aliphatic heterocycles. The summed E-state index contributed by atoms with van der Waals surface area (Å²) in [5, 5.41) is 8.95. The normalized spacial score (nSPS) is 11.8. The van der Waals surface area contributed by atoms with Gasteiger partial charge in [-0.05, 0) is 69.1 Å². The van der Waals surface area contributed by atoms with E-state index < -0.39 is 0 Å². The molecule has 3 heterocycles. The van der Waals surface area contributed by atoms with E-state index >= 15 is 0 Å². The van der Waals surface area contributed by atoms with Crippen molar-refractivity contribution in [3.63, 3.8) is 0 Å². The zero-order chi connectivity index (χ0) is 34.2. The van der Waals surface area contributed by atoms with E-state index in [0.29, 0.717) is 17.5 Å². The molecular formula is C47H27N3O2. The molecule has 0 bridgehead atoms. The lowest BCUT2D eigenvalue weighted by Crippen LogP contribution is -2.00. The Morgan fingerprint density at radius 1 is 0.327 bits per heavy atom. The molecule has 5 heteroatoms. The fraction of sp³-hybridized carbons (Fsp3) is 0. The van der Waals surface area contributed by atoms with Crippen molar-refractivity contribution >= 4 is 65.4 Å². The molecule has 52 heavy (non-hydrogen) atoms. The third-order valence-electron chi connectivity index (χ3n) is 10.1.